The SMILES string of the molecule is Cc1cnc([C@@H]2CN(Cc3cnc[nH]3)CCO2)[nH]1. The summed E-state index contributed by atoms with van der Waals surface area (Å²) in [6.45, 7) is 5.40. The van der Waals surface area contributed by atoms with Crippen LogP contribution in [0.5, 0.6) is 0 Å². The van der Waals surface area contributed by atoms with Crippen molar-refractivity contribution in [2.45, 2.75) is 19.6 Å². The molecule has 1 aliphatic heterocycles. The number of nitrogens with one attached hydrogen (secondary N) is 2. The van der Waals surface area contributed by atoms with Gasteiger partial charge >= 0.3 is 0 Å². The maximum absolute atomic E-state index is 5.77. The predicted molar refractivity (Wildman–Crippen MR) is 65.9 cm³/mol. The Kier molecular flexibility index (Phi) is 3.12. The standard InChI is InChI=1S/C12H17N5O/c1-9-4-14-12(16-9)11-7-17(2-3-18-11)6-10-5-13-8-15-10/h4-5,8,11H,2-3,6-7H2,1H3,(H,13,15)(H,14,16)/t11-/m0/s1. The van der Waals surface area contributed by atoms with Gasteiger partial charge in [0.15, 0.2) is 0 Å². The van der Waals surface area contributed by atoms with Gasteiger partial charge in [0.1, 0.15) is 11.9 Å². The van der Waals surface area contributed by atoms with Crippen molar-refractivity contribution in [2.75, 3.05) is 19.7 Å². The normalized spacial score (nSPS) is 21.3. The molecule has 0 saturated carbocycles. The number of aromatic nitrogens is 4. The highest BCUT2D eigenvalue weighted by atomic mass is 16.5. The zero-order chi connectivity index (χ0) is 12.4. The van der Waals surface area contributed by atoms with Crippen LogP contribution in [0.1, 0.15) is 23.3 Å². The molecule has 96 valence electrons. The first-order valence-electron chi connectivity index (χ1n) is 6.14. The summed E-state index contributed by atoms with van der Waals surface area (Å²) < 4.78 is 5.77. The third-order valence-corrected chi connectivity index (χ3v) is 3.13. The molecule has 0 aliphatic carbocycles. The number of morpholine rings is 1. The van der Waals surface area contributed by atoms with Crippen LogP contribution in [-0.4, -0.2) is 44.5 Å². The molecule has 0 spiro atoms. The second-order valence-corrected chi connectivity index (χ2v) is 4.62. The van der Waals surface area contributed by atoms with E-state index in [0.29, 0.717) is 0 Å². The van der Waals surface area contributed by atoms with Crippen LogP contribution in [0, 0.1) is 6.92 Å². The van der Waals surface area contributed by atoms with E-state index in [1.54, 1.807) is 6.33 Å². The van der Waals surface area contributed by atoms with Gasteiger partial charge in [-0.3, -0.25) is 4.90 Å². The van der Waals surface area contributed by atoms with E-state index in [9.17, 15) is 0 Å². The monoisotopic (exact) mass is 247 g/mol. The molecule has 2 aromatic heterocycles. The Bertz CT molecular complexity index is 492. The van der Waals surface area contributed by atoms with Gasteiger partial charge in [-0.2, -0.15) is 0 Å². The Labute approximate surface area is 105 Å². The molecule has 0 bridgehead atoms. The van der Waals surface area contributed by atoms with Crippen LogP contribution in [0.25, 0.3) is 0 Å². The van der Waals surface area contributed by atoms with Crippen LogP contribution >= 0.6 is 0 Å². The molecule has 6 heteroatoms. The van der Waals surface area contributed by atoms with E-state index in [4.69, 9.17) is 4.74 Å². The lowest BCUT2D eigenvalue weighted by molar-refractivity contribution is -0.0371. The number of aromatic amines is 2. The van der Waals surface area contributed by atoms with Gasteiger partial charge in [0.25, 0.3) is 0 Å². The minimum absolute atomic E-state index is 0.0374. The molecule has 1 atom stereocenters. The predicted octanol–water partition coefficient (Wildman–Crippen LogP) is 1.01. The first-order chi connectivity index (χ1) is 8.81. The van der Waals surface area contributed by atoms with Gasteiger partial charge in [-0.1, -0.05) is 0 Å². The van der Waals surface area contributed by atoms with E-state index in [-0.39, 0.29) is 6.10 Å². The molecular formula is C12H17N5O. The lowest BCUT2D eigenvalue weighted by Crippen LogP contribution is -2.38. The molecule has 6 nitrogen and oxygen atoms in total. The van der Waals surface area contributed by atoms with E-state index >= 15 is 0 Å². The zero-order valence-electron chi connectivity index (χ0n) is 10.4. The first-order valence-corrected chi connectivity index (χ1v) is 6.14. The second kappa shape index (κ2) is 4.91. The van der Waals surface area contributed by atoms with Crippen LogP contribution in [0.3, 0.4) is 0 Å². The van der Waals surface area contributed by atoms with Crippen molar-refractivity contribution in [1.29, 1.82) is 0 Å². The van der Waals surface area contributed by atoms with Crippen molar-refractivity contribution < 1.29 is 4.74 Å². The third-order valence-electron chi connectivity index (χ3n) is 3.13. The summed E-state index contributed by atoms with van der Waals surface area (Å²) in [5.41, 5.74) is 2.20. The highest BCUT2D eigenvalue weighted by molar-refractivity contribution is 5.03. The highest BCUT2D eigenvalue weighted by Gasteiger charge is 2.24. The van der Waals surface area contributed by atoms with Crippen molar-refractivity contribution in [2.24, 2.45) is 0 Å². The summed E-state index contributed by atoms with van der Waals surface area (Å²) in [5, 5.41) is 0. The maximum Gasteiger partial charge on any atom is 0.136 e. The third kappa shape index (κ3) is 2.44. The summed E-state index contributed by atoms with van der Waals surface area (Å²) in [6.07, 6.45) is 5.45. The van der Waals surface area contributed by atoms with Crippen molar-refractivity contribution >= 4 is 0 Å². The van der Waals surface area contributed by atoms with Gasteiger partial charge < -0.3 is 14.7 Å². The number of imidazole rings is 2. The number of rotatable bonds is 3. The van der Waals surface area contributed by atoms with Gasteiger partial charge in [0.05, 0.1) is 12.9 Å². The molecule has 0 amide bonds. The topological polar surface area (TPSA) is 69.8 Å². The Morgan fingerprint density at radius 1 is 1.50 bits per heavy atom. The van der Waals surface area contributed by atoms with Crippen LogP contribution in [0.15, 0.2) is 18.7 Å². The molecule has 18 heavy (non-hydrogen) atoms. The van der Waals surface area contributed by atoms with E-state index in [1.165, 1.54) is 0 Å². The van der Waals surface area contributed by atoms with Crippen LogP contribution in [-0.2, 0) is 11.3 Å². The van der Waals surface area contributed by atoms with Gasteiger partial charge in [0.2, 0.25) is 0 Å². The Morgan fingerprint density at radius 3 is 3.17 bits per heavy atom. The Hall–Kier alpha value is -1.66. The molecule has 1 fully saturated rings. The minimum Gasteiger partial charge on any atom is -0.368 e. The Morgan fingerprint density at radius 2 is 2.44 bits per heavy atom. The number of H-pyrrole nitrogens is 2. The molecule has 1 saturated heterocycles. The lowest BCUT2D eigenvalue weighted by Gasteiger charge is -2.31. The van der Waals surface area contributed by atoms with E-state index in [2.05, 4.69) is 24.8 Å². The smallest absolute Gasteiger partial charge is 0.136 e. The quantitative estimate of drug-likeness (QED) is 0.849. The first kappa shape index (κ1) is 11.4. The fourth-order valence-electron chi connectivity index (χ4n) is 2.22. The van der Waals surface area contributed by atoms with Crippen LogP contribution in [0.4, 0.5) is 0 Å². The number of ether oxygens (including phenoxy) is 1. The fourth-order valence-corrected chi connectivity index (χ4v) is 2.22. The summed E-state index contributed by atoms with van der Waals surface area (Å²) in [7, 11) is 0. The Balaban J connectivity index is 1.65. The molecule has 0 aromatic carbocycles. The summed E-state index contributed by atoms with van der Waals surface area (Å²) in [6, 6.07) is 0. The molecule has 1 aliphatic rings. The summed E-state index contributed by atoms with van der Waals surface area (Å²) >= 11 is 0. The maximum atomic E-state index is 5.77. The van der Waals surface area contributed by atoms with Gasteiger partial charge in [-0.05, 0) is 6.92 Å². The average molecular weight is 247 g/mol. The van der Waals surface area contributed by atoms with Crippen molar-refractivity contribution in [3.63, 3.8) is 0 Å². The van der Waals surface area contributed by atoms with Crippen molar-refractivity contribution in [3.8, 4) is 0 Å². The summed E-state index contributed by atoms with van der Waals surface area (Å²) in [4.78, 5) is 17.1. The molecule has 2 N–H and O–H groups in total. The van der Waals surface area contributed by atoms with Crippen molar-refractivity contribution in [1.82, 2.24) is 24.8 Å². The van der Waals surface area contributed by atoms with Crippen LogP contribution in [0.2, 0.25) is 0 Å². The molecule has 3 heterocycles. The molecule has 0 unspecified atom stereocenters. The second-order valence-electron chi connectivity index (χ2n) is 4.62. The lowest BCUT2D eigenvalue weighted by atomic mass is 10.2. The molecular weight excluding hydrogens is 230 g/mol. The fraction of sp³-hybridized carbons (Fsp3) is 0.500. The average Bonchev–Trinajstić information content (AvgIpc) is 3.01. The van der Waals surface area contributed by atoms with E-state index in [1.807, 2.05) is 19.3 Å². The number of hydrogen-bond acceptors (Lipinski definition) is 4. The van der Waals surface area contributed by atoms with E-state index in [0.717, 1.165) is 43.5 Å². The van der Waals surface area contributed by atoms with Gasteiger partial charge in [-0.25, -0.2) is 9.97 Å². The van der Waals surface area contributed by atoms with Gasteiger partial charge in [-0.15, -0.1) is 0 Å². The molecule has 0 radical (unpaired) electrons. The van der Waals surface area contributed by atoms with Crippen molar-refractivity contribution in [3.05, 3.63) is 35.9 Å². The van der Waals surface area contributed by atoms with E-state index < -0.39 is 0 Å². The zero-order valence-corrected chi connectivity index (χ0v) is 10.4. The largest absolute Gasteiger partial charge is 0.368 e. The number of nitrogens with zero attached hydrogens (tertiary/aromatic N) is 3. The van der Waals surface area contributed by atoms with Gasteiger partial charge in [0, 0.05) is 43.4 Å². The number of hydrogen-bond donors (Lipinski definition) is 2. The minimum atomic E-state index is 0.0374. The molecule has 2 aromatic rings. The molecule has 3 rings (SSSR count). The highest BCUT2D eigenvalue weighted by Crippen LogP contribution is 2.20. The van der Waals surface area contributed by atoms with Crippen LogP contribution < -0.4 is 0 Å². The number of aryl methyl sites for hydroxylation is 1. The summed E-state index contributed by atoms with van der Waals surface area (Å²) in [5.74, 6) is 0.918.